The SMILES string of the molecule is O=[SH](=O)C(F)(F)F.[Cu]. The van der Waals surface area contributed by atoms with Crippen molar-refractivity contribution in [3.63, 3.8) is 0 Å². The molecule has 0 aliphatic heterocycles. The molecule has 0 aliphatic rings. The fourth-order valence-corrected chi connectivity index (χ4v) is 0. The normalized spacial score (nSPS) is 11.0. The second-order valence-corrected chi connectivity index (χ2v) is 1.75. The molecule has 55 valence electrons. The molecule has 1 radical (unpaired) electrons. The number of alkyl halides is 3. The van der Waals surface area contributed by atoms with Crippen LogP contribution in [0.3, 0.4) is 0 Å². The molecule has 0 N–H and O–H groups in total. The molecule has 8 heavy (non-hydrogen) atoms. The smallest absolute Gasteiger partial charge is 0.223 e. The van der Waals surface area contributed by atoms with Gasteiger partial charge in [0.15, 0.2) is 0 Å². The van der Waals surface area contributed by atoms with Crippen LogP contribution in [-0.2, 0) is 27.8 Å². The molecule has 0 saturated heterocycles. The van der Waals surface area contributed by atoms with Crippen LogP contribution in [-0.4, -0.2) is 13.9 Å². The van der Waals surface area contributed by atoms with Crippen molar-refractivity contribution in [2.45, 2.75) is 5.51 Å². The van der Waals surface area contributed by atoms with Crippen LogP contribution in [0.2, 0.25) is 0 Å². The third-order valence-corrected chi connectivity index (χ3v) is 0.621. The largest absolute Gasteiger partial charge is 0.494 e. The van der Waals surface area contributed by atoms with Crippen molar-refractivity contribution < 1.29 is 38.7 Å². The maximum atomic E-state index is 10.6. The summed E-state index contributed by atoms with van der Waals surface area (Å²) in [5.41, 5.74) is -5.05. The zero-order valence-corrected chi connectivity index (χ0v) is 5.04. The van der Waals surface area contributed by atoms with E-state index in [1.807, 2.05) is 0 Å². The first-order chi connectivity index (χ1) is 2.94. The van der Waals surface area contributed by atoms with Gasteiger partial charge in [0.2, 0.25) is 10.7 Å². The van der Waals surface area contributed by atoms with Gasteiger partial charge in [-0.1, -0.05) is 0 Å². The minimum atomic E-state index is -5.05. The van der Waals surface area contributed by atoms with E-state index in [0.717, 1.165) is 0 Å². The monoisotopic (exact) mass is 197 g/mol. The summed E-state index contributed by atoms with van der Waals surface area (Å²) in [5, 5.41) is 0. The van der Waals surface area contributed by atoms with Gasteiger partial charge in [0.1, 0.15) is 0 Å². The van der Waals surface area contributed by atoms with Gasteiger partial charge >= 0.3 is 5.51 Å². The Kier molecular flexibility index (Phi) is 4.61. The van der Waals surface area contributed by atoms with Gasteiger partial charge in [-0.15, -0.1) is 0 Å². The predicted octanol–water partition coefficient (Wildman–Crippen LogP) is 0.115. The van der Waals surface area contributed by atoms with E-state index < -0.39 is 16.2 Å². The standard InChI is InChI=1S/CHF3O2S.Cu/c2-1(3,4)7(5)6;/h7H;. The van der Waals surface area contributed by atoms with E-state index in [-0.39, 0.29) is 17.1 Å². The summed E-state index contributed by atoms with van der Waals surface area (Å²) in [7, 11) is -4.24. The van der Waals surface area contributed by atoms with Gasteiger partial charge in [-0.25, -0.2) is 8.42 Å². The molecule has 0 atom stereocenters. The average Bonchev–Trinajstić information content (AvgIpc) is 1.31. The first-order valence-electron chi connectivity index (χ1n) is 1.16. The number of thiol groups is 1. The molecular formula is CHCuF3O2S. The van der Waals surface area contributed by atoms with Gasteiger partial charge in [0, 0.05) is 17.1 Å². The summed E-state index contributed by atoms with van der Waals surface area (Å²) in [6.07, 6.45) is 0. The van der Waals surface area contributed by atoms with E-state index in [0.29, 0.717) is 0 Å². The molecule has 0 aliphatic carbocycles. The van der Waals surface area contributed by atoms with Crippen LogP contribution in [0, 0.1) is 0 Å². The van der Waals surface area contributed by atoms with Gasteiger partial charge in [-0.3, -0.25) is 0 Å². The van der Waals surface area contributed by atoms with Gasteiger partial charge in [0.05, 0.1) is 0 Å². The number of hydrogen-bond acceptors (Lipinski definition) is 2. The summed E-state index contributed by atoms with van der Waals surface area (Å²) < 4.78 is 49.6. The van der Waals surface area contributed by atoms with E-state index >= 15 is 0 Å². The molecule has 0 amide bonds. The molecule has 0 spiro atoms. The fraction of sp³-hybridized carbons (Fsp3) is 1.00. The van der Waals surface area contributed by atoms with Crippen molar-refractivity contribution >= 4 is 10.7 Å². The third-order valence-electron chi connectivity index (χ3n) is 0.207. The van der Waals surface area contributed by atoms with Crippen LogP contribution < -0.4 is 0 Å². The minimum absolute atomic E-state index is 0. The van der Waals surface area contributed by atoms with Crippen molar-refractivity contribution in [3.05, 3.63) is 0 Å². The molecule has 0 unspecified atom stereocenters. The van der Waals surface area contributed by atoms with Crippen LogP contribution >= 0.6 is 0 Å². The van der Waals surface area contributed by atoms with Crippen LogP contribution in [0.15, 0.2) is 0 Å². The fourth-order valence-electron chi connectivity index (χ4n) is 0. The van der Waals surface area contributed by atoms with Gasteiger partial charge < -0.3 is 0 Å². The number of halogens is 3. The summed E-state index contributed by atoms with van der Waals surface area (Å²) in [6, 6.07) is 0. The van der Waals surface area contributed by atoms with Crippen molar-refractivity contribution in [1.82, 2.24) is 0 Å². The van der Waals surface area contributed by atoms with Crippen LogP contribution in [0.4, 0.5) is 13.2 Å². The van der Waals surface area contributed by atoms with E-state index in [4.69, 9.17) is 8.42 Å². The molecule has 0 aromatic rings. The van der Waals surface area contributed by atoms with E-state index in [1.54, 1.807) is 0 Å². The van der Waals surface area contributed by atoms with Gasteiger partial charge in [-0.05, 0) is 0 Å². The zero-order valence-electron chi connectivity index (χ0n) is 3.20. The Labute approximate surface area is 55.5 Å². The second-order valence-electron chi connectivity index (χ2n) is 0.725. The Hall–Kier alpha value is 0.259. The molecule has 7 heteroatoms. The van der Waals surface area contributed by atoms with Crippen molar-refractivity contribution in [3.8, 4) is 0 Å². The molecule has 0 heterocycles. The van der Waals surface area contributed by atoms with Gasteiger partial charge in [0.25, 0.3) is 0 Å². The molecule has 0 saturated carbocycles. The minimum Gasteiger partial charge on any atom is -0.223 e. The Balaban J connectivity index is 0. The van der Waals surface area contributed by atoms with Crippen LogP contribution in [0.5, 0.6) is 0 Å². The maximum Gasteiger partial charge on any atom is 0.494 e. The van der Waals surface area contributed by atoms with Crippen LogP contribution in [0.1, 0.15) is 0 Å². The maximum absolute atomic E-state index is 10.6. The average molecular weight is 198 g/mol. The summed E-state index contributed by atoms with van der Waals surface area (Å²) >= 11 is 0. The first-order valence-corrected chi connectivity index (χ1v) is 2.33. The second kappa shape index (κ2) is 3.32. The van der Waals surface area contributed by atoms with E-state index in [1.165, 1.54) is 0 Å². The van der Waals surface area contributed by atoms with Gasteiger partial charge in [-0.2, -0.15) is 13.2 Å². The predicted molar refractivity (Wildman–Crippen MR) is 16.4 cm³/mol. The zero-order chi connectivity index (χ0) is 6.08. The Morgan fingerprint density at radius 3 is 1.25 bits per heavy atom. The molecule has 0 aromatic carbocycles. The molecule has 2 nitrogen and oxygen atoms in total. The summed E-state index contributed by atoms with van der Waals surface area (Å²) in [6.45, 7) is 0. The van der Waals surface area contributed by atoms with Crippen molar-refractivity contribution in [2.24, 2.45) is 0 Å². The summed E-state index contributed by atoms with van der Waals surface area (Å²) in [4.78, 5) is 0. The third kappa shape index (κ3) is 4.42. The molecule has 0 fully saturated rings. The molecule has 0 aromatic heterocycles. The van der Waals surface area contributed by atoms with Crippen molar-refractivity contribution in [2.75, 3.05) is 0 Å². The Morgan fingerprint density at radius 1 is 1.12 bits per heavy atom. The van der Waals surface area contributed by atoms with Crippen molar-refractivity contribution in [1.29, 1.82) is 0 Å². The Bertz CT molecular complexity index is 118. The molecule has 0 rings (SSSR count). The quantitative estimate of drug-likeness (QED) is 0.442. The summed E-state index contributed by atoms with van der Waals surface area (Å²) in [5.74, 6) is 0. The number of rotatable bonds is 0. The van der Waals surface area contributed by atoms with Crippen LogP contribution in [0.25, 0.3) is 0 Å². The topological polar surface area (TPSA) is 34.1 Å². The Morgan fingerprint density at radius 2 is 1.25 bits per heavy atom. The molecular weight excluding hydrogens is 197 g/mol. The number of hydrogen-bond donors (Lipinski definition) is 1. The first kappa shape index (κ1) is 11.1. The molecule has 0 bridgehead atoms. The van der Waals surface area contributed by atoms with E-state index in [9.17, 15) is 13.2 Å². The van der Waals surface area contributed by atoms with E-state index in [2.05, 4.69) is 0 Å².